The molecule has 0 saturated heterocycles. The summed E-state index contributed by atoms with van der Waals surface area (Å²) in [6, 6.07) is 1.99. The molecule has 0 unspecified atom stereocenters. The van der Waals surface area contributed by atoms with Gasteiger partial charge in [-0.15, -0.1) is 0 Å². The highest BCUT2D eigenvalue weighted by Crippen LogP contribution is 2.40. The Bertz CT molecular complexity index is 418. The van der Waals surface area contributed by atoms with Crippen molar-refractivity contribution in [3.63, 3.8) is 0 Å². The van der Waals surface area contributed by atoms with Crippen molar-refractivity contribution in [3.05, 3.63) is 21.7 Å². The zero-order valence-electron chi connectivity index (χ0n) is 10.7. The second kappa shape index (κ2) is 6.43. The van der Waals surface area contributed by atoms with E-state index in [9.17, 15) is 0 Å². The van der Waals surface area contributed by atoms with E-state index in [1.54, 1.807) is 0 Å². The van der Waals surface area contributed by atoms with Crippen LogP contribution in [0, 0.1) is 0 Å². The molecule has 2 rings (SSSR count). The van der Waals surface area contributed by atoms with Crippen LogP contribution in [-0.4, -0.2) is 24.9 Å². The topological polar surface area (TPSA) is 38.7 Å². The molecule has 0 spiro atoms. The molecular weight excluding hydrogens is 296 g/mol. The van der Waals surface area contributed by atoms with Crippen molar-refractivity contribution in [2.45, 2.75) is 32.6 Å². The van der Waals surface area contributed by atoms with Gasteiger partial charge in [0.2, 0.25) is 0 Å². The number of halogens is 1. The van der Waals surface area contributed by atoms with Gasteiger partial charge in [-0.05, 0) is 30.9 Å². The fourth-order valence-electron chi connectivity index (χ4n) is 2.28. The van der Waals surface area contributed by atoms with Crippen molar-refractivity contribution in [1.29, 1.82) is 0 Å². The first-order valence-corrected chi connectivity index (χ1v) is 7.28. The summed E-state index contributed by atoms with van der Waals surface area (Å²) in [4.78, 5) is 0. The van der Waals surface area contributed by atoms with Crippen molar-refractivity contribution in [1.82, 2.24) is 0 Å². The summed E-state index contributed by atoms with van der Waals surface area (Å²) >= 11 is 3.61. The Morgan fingerprint density at radius 1 is 1.28 bits per heavy atom. The standard InChI is InChI=1S/C14H19BrO3/c1-2-10-11(5-3-6-16)12(15)9-13-14(10)18-8-4-7-17-13/h9,16H,2-8H2,1H3. The molecule has 1 aromatic carbocycles. The predicted octanol–water partition coefficient (Wildman–Crippen LogP) is 3.10. The van der Waals surface area contributed by atoms with Gasteiger partial charge >= 0.3 is 0 Å². The Kier molecular flexibility index (Phi) is 4.89. The number of fused-ring (bicyclic) bond motifs is 1. The van der Waals surface area contributed by atoms with Crippen LogP contribution in [0.25, 0.3) is 0 Å². The number of ether oxygens (including phenoxy) is 2. The average Bonchev–Trinajstić information content (AvgIpc) is 2.60. The molecule has 0 aromatic heterocycles. The molecule has 1 aliphatic rings. The number of rotatable bonds is 4. The van der Waals surface area contributed by atoms with Gasteiger partial charge in [0, 0.05) is 23.1 Å². The number of hydrogen-bond acceptors (Lipinski definition) is 3. The molecule has 1 N–H and O–H groups in total. The molecule has 0 fully saturated rings. The van der Waals surface area contributed by atoms with Gasteiger partial charge in [0.05, 0.1) is 13.2 Å². The van der Waals surface area contributed by atoms with Gasteiger partial charge in [-0.1, -0.05) is 22.9 Å². The number of benzene rings is 1. The molecule has 1 aliphatic heterocycles. The lowest BCUT2D eigenvalue weighted by molar-refractivity contribution is 0.288. The minimum Gasteiger partial charge on any atom is -0.490 e. The maximum atomic E-state index is 8.99. The third kappa shape index (κ3) is 2.81. The van der Waals surface area contributed by atoms with Crippen LogP contribution in [0.1, 0.15) is 30.9 Å². The average molecular weight is 315 g/mol. The van der Waals surface area contributed by atoms with Gasteiger partial charge in [-0.2, -0.15) is 0 Å². The Morgan fingerprint density at radius 3 is 2.78 bits per heavy atom. The van der Waals surface area contributed by atoms with Crippen molar-refractivity contribution in [2.24, 2.45) is 0 Å². The molecule has 0 aliphatic carbocycles. The zero-order chi connectivity index (χ0) is 13.0. The molecule has 4 heteroatoms. The second-order valence-corrected chi connectivity index (χ2v) is 5.23. The number of aliphatic hydroxyl groups excluding tert-OH is 1. The first-order valence-electron chi connectivity index (χ1n) is 6.48. The summed E-state index contributed by atoms with van der Waals surface area (Å²) in [6.45, 7) is 3.75. The fourth-order valence-corrected chi connectivity index (χ4v) is 2.92. The number of hydrogen-bond donors (Lipinski definition) is 1. The summed E-state index contributed by atoms with van der Waals surface area (Å²) in [5.41, 5.74) is 2.44. The third-order valence-electron chi connectivity index (χ3n) is 3.14. The van der Waals surface area contributed by atoms with E-state index in [0.717, 1.165) is 41.7 Å². The van der Waals surface area contributed by atoms with Crippen LogP contribution in [0.3, 0.4) is 0 Å². The molecule has 100 valence electrons. The highest BCUT2D eigenvalue weighted by Gasteiger charge is 2.19. The Labute approximate surface area is 116 Å². The van der Waals surface area contributed by atoms with E-state index < -0.39 is 0 Å². The van der Waals surface area contributed by atoms with E-state index in [0.29, 0.717) is 13.2 Å². The van der Waals surface area contributed by atoms with Crippen molar-refractivity contribution < 1.29 is 14.6 Å². The third-order valence-corrected chi connectivity index (χ3v) is 3.85. The van der Waals surface area contributed by atoms with E-state index in [1.165, 1.54) is 11.1 Å². The van der Waals surface area contributed by atoms with Crippen LogP contribution in [0.5, 0.6) is 11.5 Å². The molecule has 0 atom stereocenters. The van der Waals surface area contributed by atoms with Gasteiger partial charge in [-0.25, -0.2) is 0 Å². The maximum Gasteiger partial charge on any atom is 0.164 e. The molecule has 0 amide bonds. The van der Waals surface area contributed by atoms with Gasteiger partial charge in [0.25, 0.3) is 0 Å². The second-order valence-electron chi connectivity index (χ2n) is 4.37. The largest absolute Gasteiger partial charge is 0.490 e. The minimum absolute atomic E-state index is 0.212. The Balaban J connectivity index is 2.43. The maximum absolute atomic E-state index is 8.99. The van der Waals surface area contributed by atoms with Crippen molar-refractivity contribution >= 4 is 15.9 Å². The van der Waals surface area contributed by atoms with Crippen LogP contribution in [0.2, 0.25) is 0 Å². The van der Waals surface area contributed by atoms with Crippen LogP contribution in [0.15, 0.2) is 10.5 Å². The van der Waals surface area contributed by atoms with Crippen molar-refractivity contribution in [2.75, 3.05) is 19.8 Å². The summed E-state index contributed by atoms with van der Waals surface area (Å²) in [5, 5.41) is 8.99. The number of aliphatic hydroxyl groups is 1. The Morgan fingerprint density at radius 2 is 2.06 bits per heavy atom. The lowest BCUT2D eigenvalue weighted by Gasteiger charge is -2.17. The normalized spacial score (nSPS) is 14.4. The summed E-state index contributed by atoms with van der Waals surface area (Å²) in [6.07, 6.45) is 3.45. The molecule has 1 aromatic rings. The van der Waals surface area contributed by atoms with E-state index in [1.807, 2.05) is 6.07 Å². The van der Waals surface area contributed by atoms with E-state index in [4.69, 9.17) is 14.6 Å². The van der Waals surface area contributed by atoms with E-state index in [-0.39, 0.29) is 6.61 Å². The molecule has 0 saturated carbocycles. The predicted molar refractivity (Wildman–Crippen MR) is 74.5 cm³/mol. The van der Waals surface area contributed by atoms with Gasteiger partial charge in [0.15, 0.2) is 11.5 Å². The van der Waals surface area contributed by atoms with E-state index >= 15 is 0 Å². The zero-order valence-corrected chi connectivity index (χ0v) is 12.3. The van der Waals surface area contributed by atoms with Crippen LogP contribution >= 0.6 is 15.9 Å². The van der Waals surface area contributed by atoms with E-state index in [2.05, 4.69) is 22.9 Å². The van der Waals surface area contributed by atoms with Crippen LogP contribution in [-0.2, 0) is 12.8 Å². The quantitative estimate of drug-likeness (QED) is 0.928. The summed E-state index contributed by atoms with van der Waals surface area (Å²) in [7, 11) is 0. The van der Waals surface area contributed by atoms with Gasteiger partial charge < -0.3 is 14.6 Å². The Hall–Kier alpha value is -0.740. The molecule has 18 heavy (non-hydrogen) atoms. The van der Waals surface area contributed by atoms with Gasteiger partial charge in [0.1, 0.15) is 0 Å². The molecular formula is C14H19BrO3. The lowest BCUT2D eigenvalue weighted by Crippen LogP contribution is -2.03. The molecule has 0 radical (unpaired) electrons. The first-order chi connectivity index (χ1) is 8.77. The molecule has 0 bridgehead atoms. The summed E-state index contributed by atoms with van der Waals surface area (Å²) in [5.74, 6) is 1.73. The van der Waals surface area contributed by atoms with Crippen molar-refractivity contribution in [3.8, 4) is 11.5 Å². The van der Waals surface area contributed by atoms with Crippen LogP contribution < -0.4 is 9.47 Å². The monoisotopic (exact) mass is 314 g/mol. The molecule has 1 heterocycles. The molecule has 3 nitrogen and oxygen atoms in total. The lowest BCUT2D eigenvalue weighted by atomic mass is 9.99. The highest BCUT2D eigenvalue weighted by atomic mass is 79.9. The SMILES string of the molecule is CCc1c(CCCO)c(Br)cc2c1OCCCO2. The fraction of sp³-hybridized carbons (Fsp3) is 0.571. The first kappa shape index (κ1) is 13.7. The highest BCUT2D eigenvalue weighted by molar-refractivity contribution is 9.10. The van der Waals surface area contributed by atoms with Gasteiger partial charge in [-0.3, -0.25) is 0 Å². The van der Waals surface area contributed by atoms with Crippen LogP contribution in [0.4, 0.5) is 0 Å². The summed E-state index contributed by atoms with van der Waals surface area (Å²) < 4.78 is 12.6. The minimum atomic E-state index is 0.212. The smallest absolute Gasteiger partial charge is 0.164 e.